The number of carbonyl (C=O) groups is 1. The van der Waals surface area contributed by atoms with Crippen molar-refractivity contribution in [3.63, 3.8) is 0 Å². The molecule has 0 aliphatic rings. The van der Waals surface area contributed by atoms with Gasteiger partial charge in [-0.25, -0.2) is 0 Å². The van der Waals surface area contributed by atoms with Crippen molar-refractivity contribution in [3.05, 3.63) is 48.5 Å². The Morgan fingerprint density at radius 1 is 0.957 bits per heavy atom. The molecule has 0 saturated heterocycles. The van der Waals surface area contributed by atoms with E-state index < -0.39 is 6.16 Å². The van der Waals surface area contributed by atoms with Gasteiger partial charge in [0.25, 0.3) is 0 Å². The number of ether oxygens (including phenoxy) is 1. The first-order valence-electron chi connectivity index (χ1n) is 6.48. The number of carbonyl (C=O) groups excluding carboxylic acids is 1. The molecule has 3 aromatic rings. The largest absolute Gasteiger partial charge is 1.00 e. The van der Waals surface area contributed by atoms with E-state index in [9.17, 15) is 0 Å². The van der Waals surface area contributed by atoms with Gasteiger partial charge in [0.15, 0.2) is 0 Å². The topological polar surface area (TPSA) is 77.3 Å². The van der Waals surface area contributed by atoms with Crippen LogP contribution < -0.4 is 148 Å². The molecule has 3 rings (SSSR count). The molecule has 0 fully saturated rings. The van der Waals surface area contributed by atoms with Gasteiger partial charge in [0, 0.05) is 35.5 Å². The third-order valence-electron chi connectivity index (χ3n) is 3.20. The molecule has 0 unspecified atom stereocenters. The summed E-state index contributed by atoms with van der Waals surface area (Å²) in [6.07, 6.45) is -2.33. The summed E-state index contributed by atoms with van der Waals surface area (Å²) in [7, 11) is 1.74. The van der Waals surface area contributed by atoms with E-state index in [4.69, 9.17) is 19.7 Å². The van der Waals surface area contributed by atoms with Crippen LogP contribution in [-0.4, -0.2) is 24.4 Å². The van der Waals surface area contributed by atoms with E-state index in [1.165, 1.54) is 21.8 Å². The number of hydrogen-bond donors (Lipinski definition) is 0. The molecule has 7 heteroatoms. The maximum atomic E-state index is 8.33. The van der Waals surface area contributed by atoms with Crippen molar-refractivity contribution in [1.29, 1.82) is 0 Å². The number of methoxy groups -OCH3 is 1. The summed E-state index contributed by atoms with van der Waals surface area (Å²) in [5, 5.41) is 19.3. The molecule has 0 spiro atoms. The Kier molecular flexibility index (Phi) is 13.7. The number of aromatic nitrogens is 1. The molecule has 23 heavy (non-hydrogen) atoms. The molecule has 110 valence electrons. The number of carboxylic acid groups (broad SMARTS) is 2. The minimum Gasteiger partial charge on any atom is -0.652 e. The molecule has 2 aromatic carbocycles. The average Bonchev–Trinajstić information content (AvgIpc) is 2.79. The Balaban J connectivity index is 0.000000731. The standard InChI is InChI=1S/C15H15NO.CH2O3.2Cs/c1-17-11-10-16-14-8-4-2-6-12(14)13-7-3-5-9-15(13)16;2-1(3)4;;/h2-9H,10-11H2,1H3;(H2,2,3,4);;/q;;2*+1/p-2. The van der Waals surface area contributed by atoms with Crippen molar-refractivity contribution in [1.82, 2.24) is 4.57 Å². The first kappa shape index (κ1) is 24.6. The zero-order chi connectivity index (χ0) is 15.2. The fourth-order valence-electron chi connectivity index (χ4n) is 2.43. The number of rotatable bonds is 3. The molecule has 0 N–H and O–H groups in total. The van der Waals surface area contributed by atoms with E-state index in [2.05, 4.69) is 53.1 Å². The molecule has 0 saturated carbocycles. The van der Waals surface area contributed by atoms with Crippen LogP contribution in [0.15, 0.2) is 48.5 Å². The van der Waals surface area contributed by atoms with E-state index in [1.54, 1.807) is 7.11 Å². The van der Waals surface area contributed by atoms with Gasteiger partial charge >= 0.3 is 138 Å². The molecule has 5 nitrogen and oxygen atoms in total. The molecule has 1 heterocycles. The Bertz CT molecular complexity index is 701. The molecule has 0 aliphatic carbocycles. The van der Waals surface area contributed by atoms with E-state index in [1.807, 2.05) is 0 Å². The third-order valence-corrected chi connectivity index (χ3v) is 3.20. The number of nitrogens with zero attached hydrogens (tertiary/aromatic N) is 1. The molecule has 0 aliphatic heterocycles. The quantitative estimate of drug-likeness (QED) is 0.327. The van der Waals surface area contributed by atoms with Crippen LogP contribution in [-0.2, 0) is 11.3 Å². The maximum absolute atomic E-state index is 8.33. The minimum absolute atomic E-state index is 0. The predicted molar refractivity (Wildman–Crippen MR) is 76.7 cm³/mol. The molecule has 0 atom stereocenters. The van der Waals surface area contributed by atoms with Crippen LogP contribution in [0.2, 0.25) is 0 Å². The smallest absolute Gasteiger partial charge is 0.652 e. The summed E-state index contributed by atoms with van der Waals surface area (Å²) in [6, 6.07) is 17.1. The monoisotopic (exact) mass is 551 g/mol. The summed E-state index contributed by atoms with van der Waals surface area (Å²) < 4.78 is 7.52. The van der Waals surface area contributed by atoms with Gasteiger partial charge in [0.05, 0.1) is 6.61 Å². The summed E-state index contributed by atoms with van der Waals surface area (Å²) in [5.41, 5.74) is 2.57. The van der Waals surface area contributed by atoms with Crippen molar-refractivity contribution in [2.75, 3.05) is 13.7 Å². The van der Waals surface area contributed by atoms with E-state index in [0.717, 1.165) is 13.2 Å². The van der Waals surface area contributed by atoms with Gasteiger partial charge in [0.1, 0.15) is 0 Å². The molecule has 1 aromatic heterocycles. The Morgan fingerprint density at radius 2 is 1.35 bits per heavy atom. The second kappa shape index (κ2) is 12.9. The number of fused-ring (bicyclic) bond motifs is 3. The summed E-state index contributed by atoms with van der Waals surface area (Å²) >= 11 is 0. The number of para-hydroxylation sites is 2. The predicted octanol–water partition coefficient (Wildman–Crippen LogP) is -5.00. The van der Waals surface area contributed by atoms with Crippen LogP contribution in [0.3, 0.4) is 0 Å². The van der Waals surface area contributed by atoms with Crippen LogP contribution in [0, 0.1) is 0 Å². The van der Waals surface area contributed by atoms with Gasteiger partial charge in [-0.2, -0.15) is 0 Å². The third kappa shape index (κ3) is 7.01. The van der Waals surface area contributed by atoms with Crippen molar-refractivity contribution in [2.45, 2.75) is 6.54 Å². The molecule has 0 amide bonds. The fraction of sp³-hybridized carbons (Fsp3) is 0.188. The molecule has 0 bridgehead atoms. The Labute approximate surface area is 252 Å². The summed E-state index contributed by atoms with van der Waals surface area (Å²) in [5.74, 6) is 0. The van der Waals surface area contributed by atoms with Gasteiger partial charge in [-0.1, -0.05) is 36.4 Å². The normalized spacial score (nSPS) is 9.43. The van der Waals surface area contributed by atoms with Crippen molar-refractivity contribution in [2.24, 2.45) is 0 Å². The SMILES string of the molecule is COCCn1c2ccccc2c2ccccc21.O=C([O-])[O-].[Cs+].[Cs+]. The maximum Gasteiger partial charge on any atom is 1.00 e. The first-order valence-corrected chi connectivity index (χ1v) is 6.48. The second-order valence-electron chi connectivity index (χ2n) is 4.43. The van der Waals surface area contributed by atoms with Crippen LogP contribution in [0.25, 0.3) is 21.8 Å². The second-order valence-corrected chi connectivity index (χ2v) is 4.43. The average molecular weight is 551 g/mol. The van der Waals surface area contributed by atoms with Gasteiger partial charge in [-0.3, -0.25) is 0 Å². The zero-order valence-electron chi connectivity index (χ0n) is 13.6. The Hall–Kier alpha value is 1.57. The number of hydrogen-bond acceptors (Lipinski definition) is 4. The molecular formula is C16H15Cs2NO4. The van der Waals surface area contributed by atoms with Gasteiger partial charge in [-0.15, -0.1) is 0 Å². The van der Waals surface area contributed by atoms with Crippen LogP contribution >= 0.6 is 0 Å². The van der Waals surface area contributed by atoms with Gasteiger partial charge < -0.3 is 24.3 Å². The first-order chi connectivity index (χ1) is 10.1. The van der Waals surface area contributed by atoms with Crippen molar-refractivity contribution < 1.29 is 158 Å². The summed E-state index contributed by atoms with van der Waals surface area (Å²) in [4.78, 5) is 8.33. The van der Waals surface area contributed by atoms with Crippen LogP contribution in [0.4, 0.5) is 4.79 Å². The Morgan fingerprint density at radius 3 is 1.74 bits per heavy atom. The van der Waals surface area contributed by atoms with E-state index in [0.29, 0.717) is 0 Å². The minimum atomic E-state index is -2.33. The van der Waals surface area contributed by atoms with E-state index in [-0.39, 0.29) is 138 Å². The molecule has 0 radical (unpaired) electrons. The van der Waals surface area contributed by atoms with E-state index >= 15 is 0 Å². The van der Waals surface area contributed by atoms with Crippen LogP contribution in [0.5, 0.6) is 0 Å². The molecular weight excluding hydrogens is 536 g/mol. The summed E-state index contributed by atoms with van der Waals surface area (Å²) in [6.45, 7) is 1.63. The van der Waals surface area contributed by atoms with Gasteiger partial charge in [0.2, 0.25) is 0 Å². The number of benzene rings is 2. The van der Waals surface area contributed by atoms with Gasteiger partial charge in [-0.05, 0) is 18.3 Å². The van der Waals surface area contributed by atoms with Crippen molar-refractivity contribution in [3.8, 4) is 0 Å². The van der Waals surface area contributed by atoms with Crippen molar-refractivity contribution >= 4 is 28.0 Å². The fourth-order valence-corrected chi connectivity index (χ4v) is 2.43. The van der Waals surface area contributed by atoms with Crippen LogP contribution in [0.1, 0.15) is 0 Å². The zero-order valence-corrected chi connectivity index (χ0v) is 26.2.